The standard InChI is InChI=1S/C19H24N4O3S/c1-21(2)17-12-27(25,26)18-11-23(10-14(17)18)19(24)16-9-15(20-22(16)3)13-7-5-4-6-8-13/h4-9,14,17-18H,10-12H2,1-3H3/t14-,17-,18-/m0/s1. The molecule has 0 spiro atoms. The van der Waals surface area contributed by atoms with Crippen molar-refractivity contribution in [2.45, 2.75) is 11.3 Å². The first-order chi connectivity index (χ1) is 12.8. The average molecular weight is 388 g/mol. The topological polar surface area (TPSA) is 75.5 Å². The van der Waals surface area contributed by atoms with Crippen LogP contribution in [0.5, 0.6) is 0 Å². The summed E-state index contributed by atoms with van der Waals surface area (Å²) in [5, 5.41) is 4.00. The molecule has 0 unspecified atom stereocenters. The Morgan fingerprint density at radius 2 is 1.89 bits per heavy atom. The molecule has 2 saturated heterocycles. The SMILES string of the molecule is CN(C)[C@H]1CS(=O)(=O)[C@H]2CN(C(=O)c3cc(-c4ccccc4)nn3C)C[C@@H]12. The molecule has 0 saturated carbocycles. The molecule has 2 fully saturated rings. The number of likely N-dealkylation sites (tertiary alicyclic amines) is 1. The van der Waals surface area contributed by atoms with Crippen LogP contribution in [0, 0.1) is 5.92 Å². The summed E-state index contributed by atoms with van der Waals surface area (Å²) in [6.45, 7) is 0.736. The van der Waals surface area contributed by atoms with E-state index in [1.165, 1.54) is 0 Å². The molecule has 1 aromatic heterocycles. The summed E-state index contributed by atoms with van der Waals surface area (Å²) < 4.78 is 26.7. The molecule has 0 N–H and O–H groups in total. The van der Waals surface area contributed by atoms with Gasteiger partial charge in [0.1, 0.15) is 5.69 Å². The van der Waals surface area contributed by atoms with Crippen molar-refractivity contribution >= 4 is 15.7 Å². The number of hydrogen-bond acceptors (Lipinski definition) is 5. The number of hydrogen-bond donors (Lipinski definition) is 0. The summed E-state index contributed by atoms with van der Waals surface area (Å²) in [4.78, 5) is 16.7. The number of carbonyl (C=O) groups is 1. The molecule has 4 rings (SSSR count). The lowest BCUT2D eigenvalue weighted by Gasteiger charge is -2.25. The maximum absolute atomic E-state index is 13.1. The number of nitrogens with zero attached hydrogens (tertiary/aromatic N) is 4. The van der Waals surface area contributed by atoms with E-state index in [1.807, 2.05) is 49.3 Å². The van der Waals surface area contributed by atoms with Gasteiger partial charge >= 0.3 is 0 Å². The minimum absolute atomic E-state index is 0.0317. The number of amides is 1. The van der Waals surface area contributed by atoms with Crippen molar-refractivity contribution in [2.24, 2.45) is 13.0 Å². The number of rotatable bonds is 3. The van der Waals surface area contributed by atoms with Gasteiger partial charge in [-0.05, 0) is 20.2 Å². The van der Waals surface area contributed by atoms with E-state index >= 15 is 0 Å². The molecule has 0 aliphatic carbocycles. The smallest absolute Gasteiger partial charge is 0.272 e. The van der Waals surface area contributed by atoms with Crippen LogP contribution in [0.4, 0.5) is 0 Å². The van der Waals surface area contributed by atoms with Crippen LogP contribution in [0.3, 0.4) is 0 Å². The van der Waals surface area contributed by atoms with Gasteiger partial charge in [0.15, 0.2) is 9.84 Å². The number of fused-ring (bicyclic) bond motifs is 1. The van der Waals surface area contributed by atoms with Crippen molar-refractivity contribution in [3.05, 3.63) is 42.1 Å². The third kappa shape index (κ3) is 3.06. The van der Waals surface area contributed by atoms with Gasteiger partial charge in [-0.15, -0.1) is 0 Å². The first-order valence-corrected chi connectivity index (χ1v) is 10.8. The number of benzene rings is 1. The molecule has 3 heterocycles. The Labute approximate surface area is 159 Å². The molecule has 1 aromatic carbocycles. The third-order valence-electron chi connectivity index (χ3n) is 5.79. The monoisotopic (exact) mass is 388 g/mol. The molecule has 1 amide bonds. The number of aryl methyl sites for hydroxylation is 1. The molecule has 7 nitrogen and oxygen atoms in total. The highest BCUT2D eigenvalue weighted by Crippen LogP contribution is 2.36. The summed E-state index contributed by atoms with van der Waals surface area (Å²) in [5.41, 5.74) is 2.16. The Hall–Kier alpha value is -2.19. The zero-order valence-electron chi connectivity index (χ0n) is 15.7. The van der Waals surface area contributed by atoms with Gasteiger partial charge in [0.2, 0.25) is 0 Å². The van der Waals surface area contributed by atoms with Crippen LogP contribution >= 0.6 is 0 Å². The quantitative estimate of drug-likeness (QED) is 0.781. The lowest BCUT2D eigenvalue weighted by molar-refractivity contribution is 0.0768. The molecule has 27 heavy (non-hydrogen) atoms. The van der Waals surface area contributed by atoms with Crippen molar-refractivity contribution < 1.29 is 13.2 Å². The van der Waals surface area contributed by atoms with E-state index in [0.717, 1.165) is 11.3 Å². The Bertz CT molecular complexity index is 968. The van der Waals surface area contributed by atoms with Crippen molar-refractivity contribution in [1.82, 2.24) is 19.6 Å². The first-order valence-electron chi connectivity index (χ1n) is 9.04. The molecule has 2 aliphatic rings. The Kier molecular flexibility index (Phi) is 4.35. The maximum Gasteiger partial charge on any atom is 0.272 e. The minimum Gasteiger partial charge on any atom is -0.336 e. The lowest BCUT2D eigenvalue weighted by Crippen LogP contribution is -2.39. The highest BCUT2D eigenvalue weighted by molar-refractivity contribution is 7.92. The molecule has 8 heteroatoms. The van der Waals surface area contributed by atoms with Gasteiger partial charge in [0.25, 0.3) is 5.91 Å². The Balaban J connectivity index is 1.59. The number of aromatic nitrogens is 2. The summed E-state index contributed by atoms with van der Waals surface area (Å²) in [7, 11) is 2.38. The number of carbonyl (C=O) groups excluding carboxylic acids is 1. The summed E-state index contributed by atoms with van der Waals surface area (Å²) >= 11 is 0. The van der Waals surface area contributed by atoms with Gasteiger partial charge in [-0.3, -0.25) is 9.48 Å². The fraction of sp³-hybridized carbons (Fsp3) is 0.474. The second-order valence-corrected chi connectivity index (χ2v) is 9.94. The van der Waals surface area contributed by atoms with E-state index in [-0.39, 0.29) is 30.2 Å². The van der Waals surface area contributed by atoms with Crippen LogP contribution in [-0.4, -0.2) is 78.1 Å². The second kappa shape index (κ2) is 6.45. The zero-order chi connectivity index (χ0) is 19.3. The van der Waals surface area contributed by atoms with Gasteiger partial charge in [-0.2, -0.15) is 5.10 Å². The minimum atomic E-state index is -3.17. The molecule has 3 atom stereocenters. The van der Waals surface area contributed by atoms with Gasteiger partial charge in [0.05, 0.1) is 16.7 Å². The van der Waals surface area contributed by atoms with Gasteiger partial charge in [0, 0.05) is 37.7 Å². The maximum atomic E-state index is 13.1. The highest BCUT2D eigenvalue weighted by atomic mass is 32.2. The molecule has 0 bridgehead atoms. The molecule has 2 aliphatic heterocycles. The molecule has 0 radical (unpaired) electrons. The highest BCUT2D eigenvalue weighted by Gasteiger charge is 2.53. The van der Waals surface area contributed by atoms with E-state index in [4.69, 9.17) is 0 Å². The van der Waals surface area contributed by atoms with Crippen LogP contribution < -0.4 is 0 Å². The van der Waals surface area contributed by atoms with Crippen LogP contribution in [0.25, 0.3) is 11.3 Å². The fourth-order valence-electron chi connectivity index (χ4n) is 4.31. The fourth-order valence-corrected chi connectivity index (χ4v) is 6.79. The predicted molar refractivity (Wildman–Crippen MR) is 103 cm³/mol. The van der Waals surface area contributed by atoms with Crippen molar-refractivity contribution in [3.8, 4) is 11.3 Å². The normalized spacial score (nSPS) is 26.5. The molecule has 2 aromatic rings. The van der Waals surface area contributed by atoms with E-state index < -0.39 is 15.1 Å². The third-order valence-corrected chi connectivity index (χ3v) is 8.01. The van der Waals surface area contributed by atoms with E-state index in [2.05, 4.69) is 5.10 Å². The Morgan fingerprint density at radius 3 is 2.56 bits per heavy atom. The van der Waals surface area contributed by atoms with Crippen LogP contribution in [0.1, 0.15) is 10.5 Å². The largest absolute Gasteiger partial charge is 0.336 e. The van der Waals surface area contributed by atoms with Crippen LogP contribution in [0.2, 0.25) is 0 Å². The summed E-state index contributed by atoms with van der Waals surface area (Å²) in [6, 6.07) is 11.4. The lowest BCUT2D eigenvalue weighted by atomic mass is 10.00. The van der Waals surface area contributed by atoms with E-state index in [0.29, 0.717) is 12.2 Å². The summed E-state index contributed by atoms with van der Waals surface area (Å²) in [5.74, 6) is -0.00799. The van der Waals surface area contributed by atoms with Gasteiger partial charge in [-0.25, -0.2) is 8.42 Å². The van der Waals surface area contributed by atoms with Crippen LogP contribution in [-0.2, 0) is 16.9 Å². The van der Waals surface area contributed by atoms with E-state index in [1.54, 1.807) is 22.7 Å². The van der Waals surface area contributed by atoms with Crippen molar-refractivity contribution in [3.63, 3.8) is 0 Å². The van der Waals surface area contributed by atoms with Crippen molar-refractivity contribution in [1.29, 1.82) is 0 Å². The molecular formula is C19H24N4O3S. The Morgan fingerprint density at radius 1 is 1.19 bits per heavy atom. The van der Waals surface area contributed by atoms with E-state index in [9.17, 15) is 13.2 Å². The van der Waals surface area contributed by atoms with Crippen molar-refractivity contribution in [2.75, 3.05) is 32.9 Å². The zero-order valence-corrected chi connectivity index (χ0v) is 16.6. The van der Waals surface area contributed by atoms with Gasteiger partial charge in [-0.1, -0.05) is 30.3 Å². The number of sulfone groups is 1. The first kappa shape index (κ1) is 18.2. The molecule has 144 valence electrons. The average Bonchev–Trinajstić information content (AvgIpc) is 3.29. The van der Waals surface area contributed by atoms with Gasteiger partial charge < -0.3 is 9.80 Å². The summed E-state index contributed by atoms with van der Waals surface area (Å²) in [6.07, 6.45) is 0. The molecular weight excluding hydrogens is 364 g/mol. The van der Waals surface area contributed by atoms with Crippen LogP contribution in [0.15, 0.2) is 36.4 Å². The predicted octanol–water partition coefficient (Wildman–Crippen LogP) is 0.886. The second-order valence-electron chi connectivity index (χ2n) is 7.68.